The van der Waals surface area contributed by atoms with Crippen LogP contribution in [0.15, 0.2) is 17.3 Å². The fourth-order valence-corrected chi connectivity index (χ4v) is 9.27. The molecular weight excluding hydrogens is 591 g/mol. The van der Waals surface area contributed by atoms with E-state index in [1.807, 2.05) is 21.6 Å². The van der Waals surface area contributed by atoms with Gasteiger partial charge < -0.3 is 5.11 Å². The molecule has 0 aliphatic heterocycles. The molecule has 256 valence electrons. The third kappa shape index (κ3) is 13.1. The van der Waals surface area contributed by atoms with Gasteiger partial charge in [-0.25, -0.2) is 0 Å². The quantitative estimate of drug-likeness (QED) is 0.113. The monoisotopic (exact) mass is 657 g/mol. The van der Waals surface area contributed by atoms with E-state index in [1.165, 1.54) is 122 Å². The lowest BCUT2D eigenvalue weighted by molar-refractivity contribution is 0.423. The van der Waals surface area contributed by atoms with Crippen LogP contribution in [0, 0.1) is 0 Å². The van der Waals surface area contributed by atoms with Crippen LogP contribution in [0.4, 0.5) is 0 Å². The zero-order valence-corrected chi connectivity index (χ0v) is 31.8. The maximum atomic E-state index is 11.4. The van der Waals surface area contributed by atoms with Crippen LogP contribution >= 0.6 is 21.6 Å². The maximum absolute atomic E-state index is 11.4. The fourth-order valence-electron chi connectivity index (χ4n) is 6.59. The molecule has 1 aliphatic carbocycles. The highest BCUT2D eigenvalue weighted by Gasteiger charge is 2.28. The predicted molar refractivity (Wildman–Crippen MR) is 199 cm³/mol. The fraction of sp³-hybridized carbons (Fsp3) is 0.795. The molecule has 0 spiro atoms. The summed E-state index contributed by atoms with van der Waals surface area (Å²) in [6, 6.07) is 4.39. The van der Waals surface area contributed by atoms with E-state index in [1.54, 1.807) is 0 Å². The van der Waals surface area contributed by atoms with Crippen LogP contribution in [0.2, 0.25) is 0 Å². The Balaban J connectivity index is 1.59. The van der Waals surface area contributed by atoms with Crippen LogP contribution in [0.25, 0.3) is 5.69 Å². The first-order chi connectivity index (χ1) is 21.5. The average Bonchev–Trinajstić information content (AvgIpc) is 3.40. The molecule has 1 N–H and O–H groups in total. The predicted octanol–water partition coefficient (Wildman–Crippen LogP) is 13.1. The summed E-state index contributed by atoms with van der Waals surface area (Å²) in [7, 11) is 3.80. The topological polar surface area (TPSA) is 50.9 Å². The van der Waals surface area contributed by atoms with Gasteiger partial charge in [0.2, 0.25) is 5.16 Å². The Hall–Kier alpha value is -1.14. The normalized spacial score (nSPS) is 14.8. The Morgan fingerprint density at radius 1 is 0.689 bits per heavy atom. The number of hydrogen-bond donors (Lipinski definition) is 1. The number of nitrogens with zero attached hydrogens (tertiary/aromatic N) is 3. The second-order valence-corrected chi connectivity index (χ2v) is 18.2. The van der Waals surface area contributed by atoms with Gasteiger partial charge in [0.05, 0.1) is 5.69 Å². The number of phenols is 1. The molecule has 1 aromatic carbocycles. The highest BCUT2D eigenvalue weighted by Crippen LogP contribution is 2.44. The summed E-state index contributed by atoms with van der Waals surface area (Å²) in [5.74, 6) is 1.49. The van der Waals surface area contributed by atoms with Crippen LogP contribution in [0.5, 0.6) is 5.75 Å². The van der Waals surface area contributed by atoms with E-state index in [9.17, 15) is 5.11 Å². The molecule has 0 atom stereocenters. The Bertz CT molecular complexity index is 1070. The summed E-state index contributed by atoms with van der Waals surface area (Å²) in [6.07, 6.45) is 28.2. The number of aromatic nitrogens is 3. The molecular formula is C39H67N3OS2. The molecule has 6 heteroatoms. The van der Waals surface area contributed by atoms with Gasteiger partial charge in [0.15, 0.2) is 0 Å². The Morgan fingerprint density at radius 3 is 1.62 bits per heavy atom. The molecule has 0 amide bonds. The van der Waals surface area contributed by atoms with E-state index in [-0.39, 0.29) is 10.8 Å². The molecule has 1 aromatic heterocycles. The minimum atomic E-state index is -0.174. The molecule has 1 aliphatic rings. The summed E-state index contributed by atoms with van der Waals surface area (Å²) in [5, 5.41) is 22.6. The van der Waals surface area contributed by atoms with Crippen molar-refractivity contribution in [1.29, 1.82) is 0 Å². The molecule has 1 saturated carbocycles. The van der Waals surface area contributed by atoms with Crippen LogP contribution in [0.1, 0.15) is 194 Å². The number of phenolic OH excluding ortho intramolecular Hbond substituents is 1. The van der Waals surface area contributed by atoms with Crippen molar-refractivity contribution < 1.29 is 5.11 Å². The standard InChI is InChI=1S/C39H67N3OS2/c1-8-9-10-11-12-13-14-15-16-17-18-19-20-21-25-28-35-40-41-37(45-44-32-26-23-22-24-27-32)42(35)31-29-33(38(2,3)4)36(43)34(30-31)39(5,6)7/h29-30,32,43H,8-28H2,1-7H3. The summed E-state index contributed by atoms with van der Waals surface area (Å²) >= 11 is 0. The number of unbranched alkanes of at least 4 members (excludes halogenated alkanes) is 14. The summed E-state index contributed by atoms with van der Waals surface area (Å²) < 4.78 is 2.31. The van der Waals surface area contributed by atoms with Crippen molar-refractivity contribution in [2.75, 3.05) is 0 Å². The number of rotatable bonds is 20. The van der Waals surface area contributed by atoms with Crippen molar-refractivity contribution in [3.05, 3.63) is 29.1 Å². The zero-order valence-electron chi connectivity index (χ0n) is 30.2. The summed E-state index contributed by atoms with van der Waals surface area (Å²) in [5.41, 5.74) is 2.73. The molecule has 0 unspecified atom stereocenters. The van der Waals surface area contributed by atoms with Gasteiger partial charge in [-0.15, -0.1) is 10.2 Å². The Morgan fingerprint density at radius 2 is 1.16 bits per heavy atom. The Kier molecular flexibility index (Phi) is 16.7. The largest absolute Gasteiger partial charge is 0.507 e. The van der Waals surface area contributed by atoms with Crippen molar-refractivity contribution in [3.8, 4) is 11.4 Å². The molecule has 0 saturated heterocycles. The lowest BCUT2D eigenvalue weighted by Gasteiger charge is -2.28. The van der Waals surface area contributed by atoms with E-state index in [0.29, 0.717) is 11.0 Å². The molecule has 45 heavy (non-hydrogen) atoms. The van der Waals surface area contributed by atoms with Crippen molar-refractivity contribution in [2.45, 2.75) is 205 Å². The van der Waals surface area contributed by atoms with Gasteiger partial charge in [0.1, 0.15) is 11.6 Å². The smallest absolute Gasteiger partial charge is 0.206 e. The van der Waals surface area contributed by atoms with Crippen molar-refractivity contribution in [3.63, 3.8) is 0 Å². The second-order valence-electron chi connectivity index (χ2n) is 15.8. The lowest BCUT2D eigenvalue weighted by atomic mass is 9.79. The number of benzene rings is 1. The van der Waals surface area contributed by atoms with Gasteiger partial charge in [-0.2, -0.15) is 0 Å². The number of hydrogen-bond acceptors (Lipinski definition) is 5. The summed E-state index contributed by atoms with van der Waals surface area (Å²) in [4.78, 5) is 0. The van der Waals surface area contributed by atoms with Crippen molar-refractivity contribution >= 4 is 21.6 Å². The van der Waals surface area contributed by atoms with Gasteiger partial charge in [-0.3, -0.25) is 4.57 Å². The molecule has 4 nitrogen and oxygen atoms in total. The molecule has 1 heterocycles. The van der Waals surface area contributed by atoms with Gasteiger partial charge in [0.25, 0.3) is 0 Å². The maximum Gasteiger partial charge on any atom is 0.206 e. The van der Waals surface area contributed by atoms with Gasteiger partial charge >= 0.3 is 0 Å². The highest BCUT2D eigenvalue weighted by atomic mass is 33.1. The van der Waals surface area contributed by atoms with Crippen LogP contribution in [-0.4, -0.2) is 25.1 Å². The molecule has 0 radical (unpaired) electrons. The highest BCUT2D eigenvalue weighted by molar-refractivity contribution is 8.76. The first-order valence-corrected chi connectivity index (χ1v) is 20.9. The van der Waals surface area contributed by atoms with E-state index >= 15 is 0 Å². The first-order valence-electron chi connectivity index (χ1n) is 18.7. The second kappa shape index (κ2) is 19.6. The van der Waals surface area contributed by atoms with Crippen LogP contribution in [0.3, 0.4) is 0 Å². The van der Waals surface area contributed by atoms with E-state index < -0.39 is 0 Å². The number of aromatic hydroxyl groups is 1. The molecule has 1 fully saturated rings. The average molecular weight is 658 g/mol. The van der Waals surface area contributed by atoms with E-state index in [4.69, 9.17) is 10.2 Å². The summed E-state index contributed by atoms with van der Waals surface area (Å²) in [6.45, 7) is 15.4. The molecule has 2 aromatic rings. The lowest BCUT2D eigenvalue weighted by Crippen LogP contribution is -2.18. The van der Waals surface area contributed by atoms with Gasteiger partial charge in [-0.1, -0.05) is 168 Å². The first kappa shape index (κ1) is 38.3. The van der Waals surface area contributed by atoms with Gasteiger partial charge in [0, 0.05) is 22.8 Å². The van der Waals surface area contributed by atoms with E-state index in [0.717, 1.165) is 40.6 Å². The zero-order chi connectivity index (χ0) is 32.7. The minimum absolute atomic E-state index is 0.174. The molecule has 0 bridgehead atoms. The van der Waals surface area contributed by atoms with Crippen molar-refractivity contribution in [2.24, 2.45) is 0 Å². The van der Waals surface area contributed by atoms with Crippen molar-refractivity contribution in [1.82, 2.24) is 14.8 Å². The Labute approximate surface area is 285 Å². The molecule has 3 rings (SSSR count). The number of aryl methyl sites for hydroxylation is 1. The van der Waals surface area contributed by atoms with E-state index in [2.05, 4.69) is 65.2 Å². The third-order valence-corrected chi connectivity index (χ3v) is 12.3. The minimum Gasteiger partial charge on any atom is -0.507 e. The SMILES string of the molecule is CCCCCCCCCCCCCCCCCc1nnc(SSC2CCCCC2)n1-c1cc(C(C)(C)C)c(O)c(C(C)(C)C)c1. The van der Waals surface area contributed by atoms with Crippen LogP contribution < -0.4 is 0 Å². The van der Waals surface area contributed by atoms with Crippen LogP contribution in [-0.2, 0) is 17.3 Å². The van der Waals surface area contributed by atoms with Gasteiger partial charge in [-0.05, 0) is 53.0 Å². The third-order valence-electron chi connectivity index (χ3n) is 9.48.